The Balaban J connectivity index is 2.34. The molecule has 1 aromatic rings. The average Bonchev–Trinajstić information content (AvgIpc) is 2.59. The van der Waals surface area contributed by atoms with E-state index in [1.165, 1.54) is 0 Å². The van der Waals surface area contributed by atoms with Crippen molar-refractivity contribution >= 4 is 46.0 Å². The zero-order valence-electron chi connectivity index (χ0n) is 8.33. The lowest BCUT2D eigenvalue weighted by Crippen LogP contribution is -2.10. The van der Waals surface area contributed by atoms with Crippen molar-refractivity contribution in [3.63, 3.8) is 0 Å². The van der Waals surface area contributed by atoms with Crippen LogP contribution < -0.4 is 0 Å². The third kappa shape index (κ3) is 2.34. The number of thiophene rings is 1. The van der Waals surface area contributed by atoms with Crippen molar-refractivity contribution < 1.29 is 9.13 Å². The quantitative estimate of drug-likeness (QED) is 0.586. The Morgan fingerprint density at radius 2 is 2.38 bits per heavy atom. The summed E-state index contributed by atoms with van der Waals surface area (Å²) in [7, 11) is 0. The minimum atomic E-state index is -0.425. The second-order valence-corrected chi connectivity index (χ2v) is 5.02. The fraction of sp³-hybridized carbons (Fsp3) is 0.500. The molecule has 1 aliphatic rings. The smallest absolute Gasteiger partial charge is 0.204 e. The number of hydrogen-bond donors (Lipinski definition) is 0. The van der Waals surface area contributed by atoms with Gasteiger partial charge in [-0.3, -0.25) is 0 Å². The minimum Gasteiger partial charge on any atom is -0.373 e. The molecule has 1 fully saturated rings. The van der Waals surface area contributed by atoms with Crippen LogP contribution in [0.15, 0.2) is 4.99 Å². The van der Waals surface area contributed by atoms with E-state index in [9.17, 15) is 4.39 Å². The highest BCUT2D eigenvalue weighted by Crippen LogP contribution is 2.44. The van der Waals surface area contributed by atoms with Crippen molar-refractivity contribution in [3.8, 4) is 0 Å². The molecular weight excluding hydrogens is 269 g/mol. The summed E-state index contributed by atoms with van der Waals surface area (Å²) < 4.78 is 19.1. The van der Waals surface area contributed by atoms with E-state index >= 15 is 0 Å². The third-order valence-electron chi connectivity index (χ3n) is 2.44. The molecule has 1 saturated heterocycles. The molecule has 0 radical (unpaired) electrons. The third-order valence-corrected chi connectivity index (χ3v) is 4.08. The van der Waals surface area contributed by atoms with Crippen LogP contribution in [0, 0.1) is 5.13 Å². The number of thiocarbonyl (C=S) groups is 1. The molecule has 0 saturated carbocycles. The van der Waals surface area contributed by atoms with Crippen LogP contribution >= 0.6 is 35.2 Å². The minimum absolute atomic E-state index is 0.0887. The topological polar surface area (TPSA) is 21.6 Å². The zero-order valence-corrected chi connectivity index (χ0v) is 10.7. The molecule has 1 aromatic heterocycles. The molecule has 1 atom stereocenters. The molecule has 0 bridgehead atoms. The van der Waals surface area contributed by atoms with Crippen LogP contribution in [0.1, 0.15) is 30.2 Å². The molecule has 2 nitrogen and oxygen atoms in total. The second kappa shape index (κ2) is 5.34. The van der Waals surface area contributed by atoms with Crippen LogP contribution in [-0.2, 0) is 4.74 Å². The Kier molecular flexibility index (Phi) is 4.05. The Hall–Kier alpha value is -0.320. The highest BCUT2D eigenvalue weighted by atomic mass is 35.5. The van der Waals surface area contributed by atoms with Gasteiger partial charge < -0.3 is 4.74 Å². The van der Waals surface area contributed by atoms with Gasteiger partial charge in [-0.2, -0.15) is 9.38 Å². The lowest BCUT2D eigenvalue weighted by atomic mass is 10.1. The van der Waals surface area contributed by atoms with Crippen LogP contribution in [0.2, 0.25) is 5.02 Å². The van der Waals surface area contributed by atoms with Crippen molar-refractivity contribution in [2.24, 2.45) is 4.99 Å². The summed E-state index contributed by atoms with van der Waals surface area (Å²) in [5, 5.41) is 2.02. The molecule has 2 rings (SSSR count). The van der Waals surface area contributed by atoms with Gasteiger partial charge in [0.2, 0.25) is 5.13 Å². The summed E-state index contributed by atoms with van der Waals surface area (Å²) >= 11 is 11.5. The van der Waals surface area contributed by atoms with Gasteiger partial charge in [-0.15, -0.1) is 11.3 Å². The summed E-state index contributed by atoms with van der Waals surface area (Å²) in [6.45, 7) is 0.701. The number of hydrogen-bond acceptors (Lipinski definition) is 4. The molecular formula is C10H9ClFNOS2. The van der Waals surface area contributed by atoms with Gasteiger partial charge >= 0.3 is 0 Å². The van der Waals surface area contributed by atoms with E-state index in [-0.39, 0.29) is 11.8 Å². The molecule has 0 aromatic carbocycles. The average molecular weight is 278 g/mol. The second-order valence-electron chi connectivity index (χ2n) is 3.46. The van der Waals surface area contributed by atoms with E-state index < -0.39 is 5.13 Å². The number of rotatable bonds is 2. The van der Waals surface area contributed by atoms with E-state index in [2.05, 4.69) is 22.4 Å². The summed E-state index contributed by atoms with van der Waals surface area (Å²) in [5.41, 5.74) is 0.0887. The van der Waals surface area contributed by atoms with Gasteiger partial charge in [-0.1, -0.05) is 11.6 Å². The van der Waals surface area contributed by atoms with Crippen molar-refractivity contribution in [2.75, 3.05) is 6.61 Å². The Morgan fingerprint density at radius 3 is 3.00 bits per heavy atom. The van der Waals surface area contributed by atoms with E-state index in [4.69, 9.17) is 16.3 Å². The SMILES string of the molecule is Fc1sc(C2CCCCO2)c(Cl)c1N=C=S. The normalized spacial score (nSPS) is 20.5. The van der Waals surface area contributed by atoms with Crippen LogP contribution in [0.25, 0.3) is 0 Å². The van der Waals surface area contributed by atoms with Crippen LogP contribution in [0.4, 0.5) is 10.1 Å². The summed E-state index contributed by atoms with van der Waals surface area (Å²) in [6.07, 6.45) is 2.90. The van der Waals surface area contributed by atoms with Gasteiger partial charge in [0, 0.05) is 6.61 Å². The van der Waals surface area contributed by atoms with Gasteiger partial charge in [-0.05, 0) is 31.5 Å². The van der Waals surface area contributed by atoms with Crippen molar-refractivity contribution in [2.45, 2.75) is 25.4 Å². The van der Waals surface area contributed by atoms with E-state index in [0.29, 0.717) is 16.5 Å². The maximum absolute atomic E-state index is 13.5. The summed E-state index contributed by atoms with van der Waals surface area (Å²) in [6, 6.07) is 0. The predicted octanol–water partition coefficient (Wildman–Crippen LogP) is 4.52. The van der Waals surface area contributed by atoms with Crippen LogP contribution in [0.3, 0.4) is 0 Å². The molecule has 0 N–H and O–H groups in total. The molecule has 2 heterocycles. The van der Waals surface area contributed by atoms with Gasteiger partial charge in [-0.25, -0.2) is 0 Å². The highest BCUT2D eigenvalue weighted by molar-refractivity contribution is 7.78. The molecule has 0 aliphatic carbocycles. The Labute approximate surface area is 107 Å². The summed E-state index contributed by atoms with van der Waals surface area (Å²) in [5.74, 6) is 0. The first-order valence-electron chi connectivity index (χ1n) is 4.91. The first kappa shape index (κ1) is 12.1. The van der Waals surface area contributed by atoms with Gasteiger partial charge in [0.05, 0.1) is 21.2 Å². The number of halogens is 2. The zero-order chi connectivity index (χ0) is 11.5. The molecule has 86 valence electrons. The highest BCUT2D eigenvalue weighted by Gasteiger charge is 2.25. The van der Waals surface area contributed by atoms with Gasteiger partial charge in [0.1, 0.15) is 5.69 Å². The van der Waals surface area contributed by atoms with Gasteiger partial charge in [0.15, 0.2) is 0 Å². The number of nitrogens with zero attached hydrogens (tertiary/aromatic N) is 1. The molecule has 1 aliphatic heterocycles. The fourth-order valence-electron chi connectivity index (χ4n) is 1.69. The molecule has 6 heteroatoms. The summed E-state index contributed by atoms with van der Waals surface area (Å²) in [4.78, 5) is 4.34. The lowest BCUT2D eigenvalue weighted by Gasteiger charge is -2.21. The largest absolute Gasteiger partial charge is 0.373 e. The molecule has 1 unspecified atom stereocenters. The van der Waals surface area contributed by atoms with E-state index in [1.54, 1.807) is 0 Å². The van der Waals surface area contributed by atoms with E-state index in [0.717, 1.165) is 30.6 Å². The molecule has 0 amide bonds. The fourth-order valence-corrected chi connectivity index (χ4v) is 3.14. The molecule has 16 heavy (non-hydrogen) atoms. The number of aliphatic imine (C=N–C) groups is 1. The van der Waals surface area contributed by atoms with Crippen molar-refractivity contribution in [1.29, 1.82) is 0 Å². The van der Waals surface area contributed by atoms with E-state index in [1.807, 2.05) is 0 Å². The van der Waals surface area contributed by atoms with Gasteiger partial charge in [0.25, 0.3) is 0 Å². The van der Waals surface area contributed by atoms with Crippen LogP contribution in [-0.4, -0.2) is 11.8 Å². The van der Waals surface area contributed by atoms with Crippen molar-refractivity contribution in [3.05, 3.63) is 15.0 Å². The standard InChI is InChI=1S/C10H9ClFNOS2/c11-7-8(13-5-15)10(12)16-9(7)6-3-1-2-4-14-6/h6H,1-4H2. The monoisotopic (exact) mass is 277 g/mol. The maximum Gasteiger partial charge on any atom is 0.204 e. The lowest BCUT2D eigenvalue weighted by molar-refractivity contribution is 0.0173. The first-order chi connectivity index (χ1) is 7.74. The Bertz CT molecular complexity index is 436. The Morgan fingerprint density at radius 1 is 1.56 bits per heavy atom. The maximum atomic E-state index is 13.5. The first-order valence-corrected chi connectivity index (χ1v) is 6.51. The number of isothiocyanates is 1. The predicted molar refractivity (Wildman–Crippen MR) is 66.5 cm³/mol. The van der Waals surface area contributed by atoms with Crippen LogP contribution in [0.5, 0.6) is 0 Å². The molecule has 0 spiro atoms. The number of ether oxygens (including phenoxy) is 1. The van der Waals surface area contributed by atoms with Crippen molar-refractivity contribution in [1.82, 2.24) is 0 Å².